The van der Waals surface area contributed by atoms with E-state index in [0.717, 1.165) is 33.7 Å². The molecular weight excluding hydrogens is 486 g/mol. The van der Waals surface area contributed by atoms with E-state index in [2.05, 4.69) is 10.1 Å². The zero-order valence-electron chi connectivity index (χ0n) is 18.0. The van der Waals surface area contributed by atoms with Crippen molar-refractivity contribution in [1.82, 2.24) is 14.8 Å². The summed E-state index contributed by atoms with van der Waals surface area (Å²) in [6.45, 7) is 4.63. The molecule has 1 amide bonds. The Labute approximate surface area is 203 Å². The highest BCUT2D eigenvalue weighted by Gasteiger charge is 2.21. The van der Waals surface area contributed by atoms with Gasteiger partial charge in [0, 0.05) is 40.4 Å². The van der Waals surface area contributed by atoms with Crippen LogP contribution in [0.25, 0.3) is 10.2 Å². The van der Waals surface area contributed by atoms with E-state index < -0.39 is 11.6 Å². The number of thiazole rings is 1. The number of hydrogen-bond acceptors (Lipinski definition) is 5. The van der Waals surface area contributed by atoms with Crippen molar-refractivity contribution in [2.75, 3.05) is 17.2 Å². The number of halogens is 3. The van der Waals surface area contributed by atoms with E-state index in [1.165, 1.54) is 6.07 Å². The highest BCUT2D eigenvalue weighted by atomic mass is 35.5. The molecule has 33 heavy (non-hydrogen) atoms. The van der Waals surface area contributed by atoms with E-state index in [4.69, 9.17) is 11.6 Å². The Balaban J connectivity index is 1.53. The Kier molecular flexibility index (Phi) is 7.31. The lowest BCUT2D eigenvalue weighted by atomic mass is 10.3. The summed E-state index contributed by atoms with van der Waals surface area (Å²) in [7, 11) is 0. The second-order valence-electron chi connectivity index (χ2n) is 7.48. The Morgan fingerprint density at radius 1 is 1.18 bits per heavy atom. The average Bonchev–Trinajstić information content (AvgIpc) is 3.32. The smallest absolute Gasteiger partial charge is 0.229 e. The first-order chi connectivity index (χ1) is 15.8. The van der Waals surface area contributed by atoms with Gasteiger partial charge in [-0.05, 0) is 50.2 Å². The van der Waals surface area contributed by atoms with Crippen molar-refractivity contribution in [1.29, 1.82) is 0 Å². The molecule has 0 atom stereocenters. The number of hydrogen-bond donors (Lipinski definition) is 0. The molecule has 4 aromatic rings. The summed E-state index contributed by atoms with van der Waals surface area (Å²) < 4.78 is 30.1. The Bertz CT molecular complexity index is 1290. The predicted molar refractivity (Wildman–Crippen MR) is 130 cm³/mol. The highest BCUT2D eigenvalue weighted by Crippen LogP contribution is 2.32. The number of benzene rings is 2. The zero-order valence-corrected chi connectivity index (χ0v) is 20.4. The minimum absolute atomic E-state index is 0.0656. The van der Waals surface area contributed by atoms with Gasteiger partial charge in [-0.15, -0.1) is 11.8 Å². The van der Waals surface area contributed by atoms with Crippen LogP contribution in [-0.2, 0) is 11.3 Å². The molecule has 0 fully saturated rings. The average molecular weight is 507 g/mol. The third-order valence-corrected chi connectivity index (χ3v) is 7.26. The van der Waals surface area contributed by atoms with Crippen LogP contribution in [0.1, 0.15) is 17.8 Å². The minimum atomic E-state index is -0.739. The number of amides is 1. The molecule has 0 aliphatic heterocycles. The first-order valence-corrected chi connectivity index (χ1v) is 12.4. The summed E-state index contributed by atoms with van der Waals surface area (Å²) in [4.78, 5) is 20.1. The van der Waals surface area contributed by atoms with E-state index in [1.807, 2.05) is 36.7 Å². The van der Waals surface area contributed by atoms with Gasteiger partial charge in [0.1, 0.15) is 11.3 Å². The molecule has 0 saturated heterocycles. The van der Waals surface area contributed by atoms with Crippen LogP contribution in [0.15, 0.2) is 47.4 Å². The Morgan fingerprint density at radius 2 is 1.94 bits per heavy atom. The second-order valence-corrected chi connectivity index (χ2v) is 10.1. The third kappa shape index (κ3) is 5.72. The van der Waals surface area contributed by atoms with E-state index in [-0.39, 0.29) is 17.8 Å². The molecule has 172 valence electrons. The number of rotatable bonds is 8. The summed E-state index contributed by atoms with van der Waals surface area (Å²) in [5.41, 5.74) is 1.94. The molecular formula is C23H21ClF2N4OS2. The van der Waals surface area contributed by atoms with Crippen molar-refractivity contribution in [3.8, 4) is 0 Å². The molecule has 0 spiro atoms. The van der Waals surface area contributed by atoms with Gasteiger partial charge in [-0.3, -0.25) is 14.4 Å². The molecule has 2 aromatic carbocycles. The quantitative estimate of drug-likeness (QED) is 0.265. The number of nitrogens with zero attached hydrogens (tertiary/aromatic N) is 4. The first-order valence-electron chi connectivity index (χ1n) is 10.3. The van der Waals surface area contributed by atoms with Gasteiger partial charge in [0.05, 0.1) is 16.9 Å². The van der Waals surface area contributed by atoms with Gasteiger partial charge in [0.2, 0.25) is 5.91 Å². The maximum atomic E-state index is 14.2. The topological polar surface area (TPSA) is 51.0 Å². The van der Waals surface area contributed by atoms with Crippen molar-refractivity contribution >= 4 is 56.0 Å². The van der Waals surface area contributed by atoms with Gasteiger partial charge < -0.3 is 0 Å². The summed E-state index contributed by atoms with van der Waals surface area (Å²) in [6, 6.07) is 11.4. The van der Waals surface area contributed by atoms with Crippen molar-refractivity contribution in [3.63, 3.8) is 0 Å². The molecule has 0 saturated carbocycles. The highest BCUT2D eigenvalue weighted by molar-refractivity contribution is 7.99. The van der Waals surface area contributed by atoms with Crippen LogP contribution in [0.3, 0.4) is 0 Å². The summed E-state index contributed by atoms with van der Waals surface area (Å²) in [5.74, 6) is -0.991. The maximum Gasteiger partial charge on any atom is 0.229 e. The van der Waals surface area contributed by atoms with E-state index in [1.54, 1.807) is 28.8 Å². The number of carbonyl (C=O) groups is 1. The Morgan fingerprint density at radius 3 is 2.64 bits per heavy atom. The number of thioether (sulfide) groups is 1. The van der Waals surface area contributed by atoms with Crippen LogP contribution in [0.5, 0.6) is 0 Å². The fourth-order valence-electron chi connectivity index (χ4n) is 3.41. The molecule has 0 N–H and O–H groups in total. The van der Waals surface area contributed by atoms with Gasteiger partial charge >= 0.3 is 0 Å². The molecule has 0 radical (unpaired) electrons. The number of anilines is 1. The van der Waals surface area contributed by atoms with Crippen LogP contribution in [0, 0.1) is 25.5 Å². The molecule has 2 aromatic heterocycles. The first kappa shape index (κ1) is 23.7. The minimum Gasteiger partial charge on any atom is -0.286 e. The van der Waals surface area contributed by atoms with Crippen LogP contribution >= 0.6 is 34.7 Å². The van der Waals surface area contributed by atoms with Gasteiger partial charge in [-0.25, -0.2) is 13.8 Å². The molecule has 0 aliphatic carbocycles. The normalized spacial score (nSPS) is 11.3. The standard InChI is InChI=1S/C23H21ClF2N4OS2/c1-14-11-15(2)30(28-14)9-8-29(21(31)7-10-32-18-5-3-16(24)4-6-18)23-27-22-19(26)12-17(25)13-20(22)33-23/h3-6,11-13H,7-10H2,1-2H3. The summed E-state index contributed by atoms with van der Waals surface area (Å²) in [5, 5.41) is 5.45. The van der Waals surface area contributed by atoms with Crippen LogP contribution in [-0.4, -0.2) is 33.0 Å². The third-order valence-electron chi connectivity index (χ3n) is 4.97. The van der Waals surface area contributed by atoms with Crippen LogP contribution in [0.2, 0.25) is 5.02 Å². The molecule has 4 rings (SSSR count). The number of aromatic nitrogens is 3. The number of aryl methyl sites for hydroxylation is 2. The SMILES string of the molecule is Cc1cc(C)n(CCN(C(=O)CCSc2ccc(Cl)cc2)c2nc3c(F)cc(F)cc3s2)n1. The van der Waals surface area contributed by atoms with Gasteiger partial charge in [0.15, 0.2) is 10.9 Å². The van der Waals surface area contributed by atoms with Crippen LogP contribution in [0.4, 0.5) is 13.9 Å². The van der Waals surface area contributed by atoms with Crippen molar-refractivity contribution in [3.05, 3.63) is 70.5 Å². The molecule has 2 heterocycles. The lowest BCUT2D eigenvalue weighted by Gasteiger charge is -2.20. The van der Waals surface area contributed by atoms with E-state index in [0.29, 0.717) is 33.7 Å². The lowest BCUT2D eigenvalue weighted by molar-refractivity contribution is -0.118. The van der Waals surface area contributed by atoms with Gasteiger partial charge in [-0.1, -0.05) is 22.9 Å². The number of fused-ring (bicyclic) bond motifs is 1. The largest absolute Gasteiger partial charge is 0.286 e. The van der Waals surface area contributed by atoms with Crippen molar-refractivity contribution in [2.24, 2.45) is 0 Å². The Hall–Kier alpha value is -2.49. The van der Waals surface area contributed by atoms with Crippen LogP contribution < -0.4 is 4.90 Å². The number of carbonyl (C=O) groups excluding carboxylic acids is 1. The molecule has 5 nitrogen and oxygen atoms in total. The zero-order chi connectivity index (χ0) is 23.5. The molecule has 0 bridgehead atoms. The molecule has 0 unspecified atom stereocenters. The summed E-state index contributed by atoms with van der Waals surface area (Å²) in [6.07, 6.45) is 0.261. The van der Waals surface area contributed by atoms with Crippen molar-refractivity contribution in [2.45, 2.75) is 31.7 Å². The fourth-order valence-corrected chi connectivity index (χ4v) is 5.42. The lowest BCUT2D eigenvalue weighted by Crippen LogP contribution is -2.34. The molecule has 0 aliphatic rings. The van der Waals surface area contributed by atoms with E-state index >= 15 is 0 Å². The van der Waals surface area contributed by atoms with Gasteiger partial charge in [-0.2, -0.15) is 5.10 Å². The predicted octanol–water partition coefficient (Wildman–Crippen LogP) is 6.26. The van der Waals surface area contributed by atoms with Gasteiger partial charge in [0.25, 0.3) is 0 Å². The maximum absolute atomic E-state index is 14.2. The fraction of sp³-hybridized carbons (Fsp3) is 0.261. The molecule has 10 heteroatoms. The summed E-state index contributed by atoms with van der Waals surface area (Å²) >= 11 is 8.58. The van der Waals surface area contributed by atoms with E-state index in [9.17, 15) is 13.6 Å². The monoisotopic (exact) mass is 506 g/mol. The van der Waals surface area contributed by atoms with Crippen molar-refractivity contribution < 1.29 is 13.6 Å². The second kappa shape index (κ2) is 10.2.